The van der Waals surface area contributed by atoms with Crippen molar-refractivity contribution in [2.75, 3.05) is 19.8 Å². The van der Waals surface area contributed by atoms with E-state index in [4.69, 9.17) is 19.9 Å². The smallest absolute Gasteiger partial charge is 0.410 e. The summed E-state index contributed by atoms with van der Waals surface area (Å²) in [6, 6.07) is 6.63. The predicted octanol–water partition coefficient (Wildman–Crippen LogP) is 0.890. The van der Waals surface area contributed by atoms with E-state index in [1.807, 2.05) is 18.2 Å². The summed E-state index contributed by atoms with van der Waals surface area (Å²) in [5, 5.41) is 2.43. The second-order valence-corrected chi connectivity index (χ2v) is 7.65. The van der Waals surface area contributed by atoms with Crippen LogP contribution in [0.5, 0.6) is 0 Å². The number of nitrogens with one attached hydrogen (secondary N) is 1. The molecule has 0 aromatic heterocycles. The van der Waals surface area contributed by atoms with Crippen LogP contribution in [0, 0.1) is 5.92 Å². The topological polar surface area (TPSA) is 154 Å². The summed E-state index contributed by atoms with van der Waals surface area (Å²) >= 11 is 0. The largest absolute Gasteiger partial charge is 0.466 e. The Morgan fingerprint density at radius 2 is 1.74 bits per heavy atom. The SMILES string of the molecule is CCOC(=O)C[C@@H](C(=O)OCC)[C@H](NC(=O)[C@H]1CCCN1C(=O)OCc1ccccc1)C(N)=O. The number of ether oxygens (including phenoxy) is 3. The highest BCUT2D eigenvalue weighted by molar-refractivity contribution is 5.95. The average molecular weight is 478 g/mol. The first-order chi connectivity index (χ1) is 16.3. The highest BCUT2D eigenvalue weighted by Gasteiger charge is 2.41. The van der Waals surface area contributed by atoms with Gasteiger partial charge in [-0.25, -0.2) is 4.79 Å². The predicted molar refractivity (Wildman–Crippen MR) is 119 cm³/mol. The highest BCUT2D eigenvalue weighted by Crippen LogP contribution is 2.21. The first kappa shape index (κ1) is 26.6. The molecule has 186 valence electrons. The van der Waals surface area contributed by atoms with Crippen LogP contribution in [-0.2, 0) is 40.0 Å². The van der Waals surface area contributed by atoms with E-state index in [1.165, 1.54) is 4.90 Å². The Labute approximate surface area is 197 Å². The van der Waals surface area contributed by atoms with E-state index in [0.717, 1.165) is 5.56 Å². The van der Waals surface area contributed by atoms with Gasteiger partial charge in [-0.15, -0.1) is 0 Å². The number of carbonyl (C=O) groups excluding carboxylic acids is 5. The van der Waals surface area contributed by atoms with Crippen molar-refractivity contribution in [1.82, 2.24) is 10.2 Å². The van der Waals surface area contributed by atoms with Gasteiger partial charge in [0, 0.05) is 6.54 Å². The van der Waals surface area contributed by atoms with E-state index in [9.17, 15) is 24.0 Å². The summed E-state index contributed by atoms with van der Waals surface area (Å²) in [6.45, 7) is 3.56. The molecule has 1 aromatic carbocycles. The number of primary amides is 1. The van der Waals surface area contributed by atoms with Gasteiger partial charge in [0.2, 0.25) is 11.8 Å². The van der Waals surface area contributed by atoms with E-state index in [0.29, 0.717) is 12.8 Å². The van der Waals surface area contributed by atoms with Crippen molar-refractivity contribution in [3.8, 4) is 0 Å². The Morgan fingerprint density at radius 3 is 2.35 bits per heavy atom. The molecule has 11 nitrogen and oxygen atoms in total. The monoisotopic (exact) mass is 477 g/mol. The molecule has 0 unspecified atom stereocenters. The van der Waals surface area contributed by atoms with Crippen LogP contribution in [0.25, 0.3) is 0 Å². The van der Waals surface area contributed by atoms with Crippen molar-refractivity contribution >= 4 is 29.8 Å². The number of hydrogen-bond acceptors (Lipinski definition) is 8. The molecule has 1 heterocycles. The number of nitrogens with zero attached hydrogens (tertiary/aromatic N) is 1. The fraction of sp³-hybridized carbons (Fsp3) is 0.522. The van der Waals surface area contributed by atoms with E-state index in [-0.39, 0.29) is 26.4 Å². The van der Waals surface area contributed by atoms with Crippen LogP contribution in [0.3, 0.4) is 0 Å². The quantitative estimate of drug-likeness (QED) is 0.352. The van der Waals surface area contributed by atoms with Gasteiger partial charge in [0.25, 0.3) is 0 Å². The molecule has 1 aliphatic heterocycles. The molecule has 2 rings (SSSR count). The van der Waals surface area contributed by atoms with E-state index in [1.54, 1.807) is 26.0 Å². The molecule has 1 saturated heterocycles. The molecule has 1 aromatic rings. The third-order valence-electron chi connectivity index (χ3n) is 5.28. The Bertz CT molecular complexity index is 876. The maximum Gasteiger partial charge on any atom is 0.410 e. The third-order valence-corrected chi connectivity index (χ3v) is 5.28. The Hall–Kier alpha value is -3.63. The molecule has 3 N–H and O–H groups in total. The van der Waals surface area contributed by atoms with Gasteiger partial charge in [-0.05, 0) is 32.3 Å². The van der Waals surface area contributed by atoms with Crippen molar-refractivity contribution in [2.45, 2.75) is 51.8 Å². The molecule has 3 amide bonds. The number of rotatable bonds is 11. The van der Waals surface area contributed by atoms with Gasteiger partial charge in [-0.3, -0.25) is 24.1 Å². The van der Waals surface area contributed by atoms with Crippen LogP contribution in [0.2, 0.25) is 0 Å². The standard InChI is InChI=1S/C23H31N3O8/c1-3-32-18(27)13-16(22(30)33-4-2)19(20(24)28)25-21(29)17-11-8-12-26(17)23(31)34-14-15-9-6-5-7-10-15/h5-7,9-10,16-17,19H,3-4,8,11-14H2,1-2H3,(H2,24,28)(H,25,29)/t16-,17-,19+/m1/s1. The maximum atomic E-state index is 13.0. The zero-order chi connectivity index (χ0) is 25.1. The lowest BCUT2D eigenvalue weighted by atomic mass is 9.94. The number of amides is 3. The van der Waals surface area contributed by atoms with Gasteiger partial charge in [-0.2, -0.15) is 0 Å². The minimum atomic E-state index is -1.53. The van der Waals surface area contributed by atoms with E-state index >= 15 is 0 Å². The molecule has 0 bridgehead atoms. The number of hydrogen-bond donors (Lipinski definition) is 2. The van der Waals surface area contributed by atoms with Crippen LogP contribution in [0.15, 0.2) is 30.3 Å². The third kappa shape index (κ3) is 7.46. The van der Waals surface area contributed by atoms with Crippen molar-refractivity contribution in [3.05, 3.63) is 35.9 Å². The number of benzene rings is 1. The van der Waals surface area contributed by atoms with Gasteiger partial charge in [0.05, 0.1) is 25.6 Å². The minimum Gasteiger partial charge on any atom is -0.466 e. The van der Waals surface area contributed by atoms with Crippen molar-refractivity contribution in [1.29, 1.82) is 0 Å². The maximum absolute atomic E-state index is 13.0. The molecule has 1 aliphatic rings. The number of carbonyl (C=O) groups is 5. The summed E-state index contributed by atoms with van der Waals surface area (Å²) in [5.41, 5.74) is 6.25. The second-order valence-electron chi connectivity index (χ2n) is 7.65. The summed E-state index contributed by atoms with van der Waals surface area (Å²) in [7, 11) is 0. The van der Waals surface area contributed by atoms with E-state index < -0.39 is 54.3 Å². The molecular weight excluding hydrogens is 446 g/mol. The Balaban J connectivity index is 2.10. The van der Waals surface area contributed by atoms with Crippen molar-refractivity contribution < 1.29 is 38.2 Å². The highest BCUT2D eigenvalue weighted by atomic mass is 16.6. The molecular formula is C23H31N3O8. The molecule has 11 heteroatoms. The number of esters is 2. The first-order valence-electron chi connectivity index (χ1n) is 11.2. The van der Waals surface area contributed by atoms with Crippen molar-refractivity contribution in [3.63, 3.8) is 0 Å². The van der Waals surface area contributed by atoms with Crippen LogP contribution in [0.1, 0.15) is 38.7 Å². The van der Waals surface area contributed by atoms with Crippen LogP contribution in [-0.4, -0.2) is 66.6 Å². The van der Waals surface area contributed by atoms with Gasteiger partial charge in [0.1, 0.15) is 18.7 Å². The van der Waals surface area contributed by atoms with Crippen LogP contribution in [0.4, 0.5) is 4.79 Å². The lowest BCUT2D eigenvalue weighted by molar-refractivity contribution is -0.157. The number of likely N-dealkylation sites (tertiary alicyclic amines) is 1. The minimum absolute atomic E-state index is 0.00123. The molecule has 0 saturated carbocycles. The fourth-order valence-corrected chi connectivity index (χ4v) is 3.67. The lowest BCUT2D eigenvalue weighted by Crippen LogP contribution is -2.56. The van der Waals surface area contributed by atoms with Crippen molar-refractivity contribution in [2.24, 2.45) is 11.7 Å². The second kappa shape index (κ2) is 13.2. The average Bonchev–Trinajstić information content (AvgIpc) is 3.30. The lowest BCUT2D eigenvalue weighted by Gasteiger charge is -2.27. The van der Waals surface area contributed by atoms with E-state index in [2.05, 4.69) is 5.32 Å². The fourth-order valence-electron chi connectivity index (χ4n) is 3.67. The summed E-state index contributed by atoms with van der Waals surface area (Å²) in [5.74, 6) is -4.69. The Morgan fingerprint density at radius 1 is 1.06 bits per heavy atom. The van der Waals surface area contributed by atoms with Crippen LogP contribution >= 0.6 is 0 Å². The normalized spacial score (nSPS) is 16.8. The summed E-state index contributed by atoms with van der Waals surface area (Å²) in [6.07, 6.45) is -0.303. The summed E-state index contributed by atoms with van der Waals surface area (Å²) in [4.78, 5) is 63.5. The van der Waals surface area contributed by atoms with Crippen LogP contribution < -0.4 is 11.1 Å². The molecule has 0 radical (unpaired) electrons. The molecule has 0 spiro atoms. The molecule has 34 heavy (non-hydrogen) atoms. The van der Waals surface area contributed by atoms with Gasteiger partial charge >= 0.3 is 18.0 Å². The Kier molecular flexibility index (Phi) is 10.3. The number of nitrogens with two attached hydrogens (primary N) is 1. The zero-order valence-electron chi connectivity index (χ0n) is 19.4. The molecule has 3 atom stereocenters. The molecule has 1 fully saturated rings. The summed E-state index contributed by atoms with van der Waals surface area (Å²) < 4.78 is 15.2. The molecule has 0 aliphatic carbocycles. The van der Waals surface area contributed by atoms with Gasteiger partial charge < -0.3 is 25.3 Å². The zero-order valence-corrected chi connectivity index (χ0v) is 19.4. The van der Waals surface area contributed by atoms with Gasteiger partial charge in [-0.1, -0.05) is 30.3 Å². The van der Waals surface area contributed by atoms with Gasteiger partial charge in [0.15, 0.2) is 0 Å². The first-order valence-corrected chi connectivity index (χ1v) is 11.2.